The highest BCUT2D eigenvalue weighted by Crippen LogP contribution is 2.21. The maximum atomic E-state index is 4.38. The van der Waals surface area contributed by atoms with Crippen molar-refractivity contribution >= 4 is 76.5 Å². The molecule has 0 amide bonds. The van der Waals surface area contributed by atoms with Crippen molar-refractivity contribution in [2.75, 3.05) is 0 Å². The predicted molar refractivity (Wildman–Crippen MR) is 569 cm³/mol. The third-order valence-electron chi connectivity index (χ3n) is 12.1. The summed E-state index contributed by atoms with van der Waals surface area (Å²) in [4.78, 5) is 66.7. The molecule has 0 fully saturated rings. The van der Waals surface area contributed by atoms with Crippen LogP contribution in [-0.2, 0) is 7.05 Å². The fourth-order valence-corrected chi connectivity index (χ4v) is 7.85. The zero-order chi connectivity index (χ0) is 99.4. The summed E-state index contributed by atoms with van der Waals surface area (Å²) < 4.78 is 2.09. The van der Waals surface area contributed by atoms with Gasteiger partial charge in [0, 0.05) is 128 Å². The average Bonchev–Trinajstić information content (AvgIpc) is 1.37. The molecule has 18 heteroatoms. The van der Waals surface area contributed by atoms with E-state index in [1.165, 1.54) is 47.0 Å². The summed E-state index contributed by atoms with van der Waals surface area (Å²) in [6.07, 6.45) is 35.1. The molecule has 0 spiro atoms. The SMILES string of the molecule is CC.CC.CC.CC.CC.CC.CC.CC.CC.CC.CC.CC.CC.CC.CC.CC.CC.CC.CC.Cc1nc2ccccc2n1C.c1ccc2cnccc2c1.c1ccc2ncccc2c1.c1ccc2nccnc2c1.c1ccc2ncncc2c1.c1ccncc1.c1cnc2c(c1)ccc1cccnc12.c1cnccn1.c1cncnc1.c1ncncn1. The lowest BCUT2D eigenvalue weighted by Gasteiger charge is -2.00. The van der Waals surface area contributed by atoms with E-state index in [-0.39, 0.29) is 0 Å². The molecule has 0 unspecified atom stereocenters. The maximum Gasteiger partial charge on any atom is 0.119 e. The van der Waals surface area contributed by atoms with Crippen LogP contribution in [0.2, 0.25) is 0 Å². The Morgan fingerprint density at radius 2 is 0.480 bits per heavy atom. The van der Waals surface area contributed by atoms with Gasteiger partial charge in [0.15, 0.2) is 0 Å². The van der Waals surface area contributed by atoms with Crippen molar-refractivity contribution < 1.29 is 0 Å². The fourth-order valence-electron chi connectivity index (χ4n) is 7.85. The predicted octanol–water partition coefficient (Wildman–Crippen LogP) is 33.8. The molecular weight excluding hydrogens is 1560 g/mol. The van der Waals surface area contributed by atoms with Gasteiger partial charge < -0.3 is 4.57 Å². The number of aromatic nitrogens is 18. The Balaban J connectivity index is -0.000000112. The van der Waals surface area contributed by atoms with Gasteiger partial charge in [-0.15, -0.1) is 0 Å². The van der Waals surface area contributed by atoms with Gasteiger partial charge >= 0.3 is 0 Å². The number of hydrogen-bond acceptors (Lipinski definition) is 17. The van der Waals surface area contributed by atoms with E-state index in [1.54, 1.807) is 86.8 Å². The second-order valence-electron chi connectivity index (χ2n) is 18.1. The van der Waals surface area contributed by atoms with Crippen molar-refractivity contribution in [1.82, 2.24) is 89.3 Å². The molecular formula is C109H174N18. The van der Waals surface area contributed by atoms with Crippen LogP contribution in [0.25, 0.3) is 76.5 Å². The van der Waals surface area contributed by atoms with Crippen molar-refractivity contribution in [3.8, 4) is 0 Å². The van der Waals surface area contributed by atoms with Crippen molar-refractivity contribution in [3.05, 3.63) is 337 Å². The fraction of sp³-hybridized carbons (Fsp3) is 0.367. The lowest BCUT2D eigenvalue weighted by atomic mass is 10.1. The van der Waals surface area contributed by atoms with Crippen LogP contribution in [0, 0.1) is 6.92 Å². The van der Waals surface area contributed by atoms with E-state index in [1.807, 2.05) is 441 Å². The Bertz CT molecular complexity index is 3870. The Morgan fingerprint density at radius 1 is 0.173 bits per heavy atom. The lowest BCUT2D eigenvalue weighted by molar-refractivity contribution is 0.886. The molecule has 18 nitrogen and oxygen atoms in total. The molecule has 11 aromatic heterocycles. The number of hydrogen-bond donors (Lipinski definition) is 0. The minimum atomic E-state index is 0.949. The number of rotatable bonds is 0. The van der Waals surface area contributed by atoms with E-state index < -0.39 is 0 Å². The first kappa shape index (κ1) is 140. The summed E-state index contributed by atoms with van der Waals surface area (Å²) >= 11 is 0. The standard InChI is InChI=1S/C12H8N2.C9H10N2.2C9H7N.2C8H6N2.C5H5N.2C4H4N2.C3H3N3.19C2H6/c1-3-9-5-6-10-4-2-8-14-12(10)11(9)13-7-1;1-7-10-8-5-3-4-6-9(8)11(7)2;1-2-6-9-8(4-1)5-3-7-10-9;1-2-4-9-7-10-6-5-8(9)3-1;1-2-4-8-7(3-1)5-9-6-10-8;1-2-4-8-7(3-1)9-5-6-10-8;1-2-4-6-5-3-1;1-2-6-4-3-5-1;1-2-5-4-6-3-1;1-4-2-6-3-5-1;19*1-2/h1-8H;3-6H,1-2H3;2*1-7H;2*1-6H;1-5H;2*1-4H;1-3H;19*1-2H3. The van der Waals surface area contributed by atoms with Crippen LogP contribution in [0.1, 0.15) is 269 Å². The van der Waals surface area contributed by atoms with Gasteiger partial charge in [0.1, 0.15) is 37.5 Å². The Labute approximate surface area is 775 Å². The van der Waals surface area contributed by atoms with E-state index in [2.05, 4.69) is 144 Å². The minimum absolute atomic E-state index is 0.949. The molecule has 6 aromatic carbocycles. The molecule has 17 aromatic rings. The second-order valence-corrected chi connectivity index (χ2v) is 18.1. The van der Waals surface area contributed by atoms with Gasteiger partial charge in [-0.05, 0) is 96.6 Å². The van der Waals surface area contributed by atoms with Crippen LogP contribution in [0.5, 0.6) is 0 Å². The molecule has 0 saturated heterocycles. The van der Waals surface area contributed by atoms with E-state index in [4.69, 9.17) is 0 Å². The van der Waals surface area contributed by atoms with Crippen LogP contribution in [0.4, 0.5) is 0 Å². The zero-order valence-electron chi connectivity index (χ0n) is 86.7. The summed E-state index contributed by atoms with van der Waals surface area (Å²) in [5, 5.41) is 7.01. The molecule has 11 heterocycles. The van der Waals surface area contributed by atoms with Crippen LogP contribution < -0.4 is 0 Å². The number of benzene rings is 6. The summed E-state index contributed by atoms with van der Waals surface area (Å²) in [6.45, 7) is 78.0. The van der Waals surface area contributed by atoms with Crippen LogP contribution >= 0.6 is 0 Å². The summed E-state index contributed by atoms with van der Waals surface area (Å²) in [5.41, 5.74) is 8.19. The first-order valence-corrected chi connectivity index (χ1v) is 46.8. The topological polar surface area (TPSA) is 224 Å². The summed E-state index contributed by atoms with van der Waals surface area (Å²) in [6, 6.07) is 65.8. The van der Waals surface area contributed by atoms with Crippen LogP contribution in [-0.4, -0.2) is 89.3 Å². The molecule has 0 radical (unpaired) electrons. The molecule has 0 bridgehead atoms. The minimum Gasteiger partial charge on any atom is -0.331 e. The number of nitrogens with zero attached hydrogens (tertiary/aromatic N) is 18. The highest BCUT2D eigenvalue weighted by molar-refractivity contribution is 6.02. The highest BCUT2D eigenvalue weighted by atomic mass is 15.0. The van der Waals surface area contributed by atoms with Crippen LogP contribution in [0.15, 0.2) is 331 Å². The van der Waals surface area contributed by atoms with Gasteiger partial charge in [-0.25, -0.2) is 39.9 Å². The van der Waals surface area contributed by atoms with E-state index in [0.717, 1.165) is 60.6 Å². The third kappa shape index (κ3) is 74.6. The van der Waals surface area contributed by atoms with Gasteiger partial charge in [0.05, 0.1) is 44.1 Å². The molecule has 17 rings (SSSR count). The van der Waals surface area contributed by atoms with E-state index in [9.17, 15) is 0 Å². The van der Waals surface area contributed by atoms with Crippen molar-refractivity contribution in [1.29, 1.82) is 0 Å². The normalized spacial score (nSPS) is 7.69. The van der Waals surface area contributed by atoms with E-state index >= 15 is 0 Å². The molecule has 0 atom stereocenters. The average molecular weight is 1740 g/mol. The molecule has 127 heavy (non-hydrogen) atoms. The third-order valence-corrected chi connectivity index (χ3v) is 12.1. The number of aryl methyl sites for hydroxylation is 2. The van der Waals surface area contributed by atoms with E-state index in [0.29, 0.717) is 0 Å². The number of pyridine rings is 5. The smallest absolute Gasteiger partial charge is 0.119 e. The second kappa shape index (κ2) is 127. The largest absolute Gasteiger partial charge is 0.331 e. The van der Waals surface area contributed by atoms with Gasteiger partial charge in [-0.3, -0.25) is 44.9 Å². The lowest BCUT2D eigenvalue weighted by Crippen LogP contribution is -1.89. The molecule has 0 N–H and O–H groups in total. The quantitative estimate of drug-likeness (QED) is 0.129. The van der Waals surface area contributed by atoms with Gasteiger partial charge in [0.25, 0.3) is 0 Å². The molecule has 0 aliphatic heterocycles. The Kier molecular flexibility index (Phi) is 140. The number of para-hydroxylation sites is 6. The number of imidazole rings is 1. The first-order chi connectivity index (χ1) is 63.1. The Morgan fingerprint density at radius 3 is 0.819 bits per heavy atom. The molecule has 0 aliphatic carbocycles. The molecule has 0 aliphatic rings. The highest BCUT2D eigenvalue weighted by Gasteiger charge is 2.02. The van der Waals surface area contributed by atoms with Crippen molar-refractivity contribution in [2.24, 2.45) is 7.05 Å². The molecule has 700 valence electrons. The summed E-state index contributed by atoms with van der Waals surface area (Å²) in [7, 11) is 2.03. The zero-order valence-corrected chi connectivity index (χ0v) is 86.7. The summed E-state index contributed by atoms with van der Waals surface area (Å²) in [5.74, 6) is 1.06. The van der Waals surface area contributed by atoms with Gasteiger partial charge in [0.2, 0.25) is 0 Å². The first-order valence-electron chi connectivity index (χ1n) is 46.8. The molecule has 0 saturated carbocycles. The monoisotopic (exact) mass is 1740 g/mol. The van der Waals surface area contributed by atoms with Crippen molar-refractivity contribution in [2.45, 2.75) is 270 Å². The number of fused-ring (bicyclic) bond motifs is 8. The van der Waals surface area contributed by atoms with Gasteiger partial charge in [-0.2, -0.15) is 0 Å². The van der Waals surface area contributed by atoms with Crippen LogP contribution in [0.3, 0.4) is 0 Å². The Hall–Kier alpha value is -12.6. The van der Waals surface area contributed by atoms with Crippen molar-refractivity contribution in [3.63, 3.8) is 0 Å². The van der Waals surface area contributed by atoms with Gasteiger partial charge in [-0.1, -0.05) is 384 Å². The maximum absolute atomic E-state index is 4.38.